The first-order chi connectivity index (χ1) is 12.4. The topological polar surface area (TPSA) is 61.8 Å². The predicted octanol–water partition coefficient (Wildman–Crippen LogP) is 4.04. The monoisotopic (exact) mass is 376 g/mol. The predicted molar refractivity (Wildman–Crippen MR) is 92.9 cm³/mol. The van der Waals surface area contributed by atoms with Crippen LogP contribution in [0, 0.1) is 5.82 Å². The number of ketones is 1. The summed E-state index contributed by atoms with van der Waals surface area (Å²) in [6.07, 6.45) is 0.444. The van der Waals surface area contributed by atoms with Gasteiger partial charge in [0.25, 0.3) is 0 Å². The molecule has 1 heterocycles. The van der Waals surface area contributed by atoms with E-state index in [9.17, 15) is 14.0 Å². The Hall–Kier alpha value is -2.86. The zero-order chi connectivity index (χ0) is 18.8. The van der Waals surface area contributed by atoms with Gasteiger partial charge >= 0.3 is 5.97 Å². The smallest absolute Gasteiger partial charge is 0.346 e. The number of carbonyl (C=O) groups excluding carboxylic acids is 2. The molecule has 5 nitrogen and oxygen atoms in total. The summed E-state index contributed by atoms with van der Waals surface area (Å²) < 4.78 is 29.5. The summed E-state index contributed by atoms with van der Waals surface area (Å²) in [4.78, 5) is 23.9. The summed E-state index contributed by atoms with van der Waals surface area (Å²) in [5, 5.41) is 0.167. The number of allylic oxidation sites excluding steroid dienone is 1. The van der Waals surface area contributed by atoms with E-state index < -0.39 is 23.7 Å². The van der Waals surface area contributed by atoms with Crippen molar-refractivity contribution in [3.63, 3.8) is 0 Å². The van der Waals surface area contributed by atoms with Crippen molar-refractivity contribution >= 4 is 29.4 Å². The number of methoxy groups -OCH3 is 1. The van der Waals surface area contributed by atoms with Gasteiger partial charge in [0.05, 0.1) is 17.7 Å². The summed E-state index contributed by atoms with van der Waals surface area (Å²) >= 11 is 5.98. The average Bonchev–Trinajstić information content (AvgIpc) is 2.92. The van der Waals surface area contributed by atoms with E-state index in [1.807, 2.05) is 0 Å². The molecule has 3 rings (SSSR count). The van der Waals surface area contributed by atoms with Crippen molar-refractivity contribution in [2.24, 2.45) is 0 Å². The van der Waals surface area contributed by atoms with Crippen molar-refractivity contribution in [2.75, 3.05) is 7.11 Å². The van der Waals surface area contributed by atoms with Crippen LogP contribution >= 0.6 is 11.6 Å². The van der Waals surface area contributed by atoms with Crippen molar-refractivity contribution < 1.29 is 28.2 Å². The van der Waals surface area contributed by atoms with Gasteiger partial charge in [-0.25, -0.2) is 9.18 Å². The Morgan fingerprint density at radius 1 is 1.31 bits per heavy atom. The van der Waals surface area contributed by atoms with Gasteiger partial charge in [-0.1, -0.05) is 17.7 Å². The molecule has 1 atom stereocenters. The summed E-state index contributed by atoms with van der Waals surface area (Å²) in [6.45, 7) is 1.54. The van der Waals surface area contributed by atoms with Crippen molar-refractivity contribution in [1.29, 1.82) is 0 Å². The molecule has 0 saturated heterocycles. The van der Waals surface area contributed by atoms with Crippen LogP contribution in [-0.2, 0) is 9.53 Å². The molecule has 0 saturated carbocycles. The van der Waals surface area contributed by atoms with E-state index in [0.29, 0.717) is 11.3 Å². The van der Waals surface area contributed by atoms with E-state index >= 15 is 0 Å². The van der Waals surface area contributed by atoms with Gasteiger partial charge in [-0.3, -0.25) is 4.79 Å². The van der Waals surface area contributed by atoms with Crippen LogP contribution in [0.4, 0.5) is 4.39 Å². The van der Waals surface area contributed by atoms with E-state index in [1.165, 1.54) is 50.4 Å². The molecule has 0 radical (unpaired) electrons. The molecule has 2 aromatic carbocycles. The van der Waals surface area contributed by atoms with Crippen LogP contribution in [0.1, 0.15) is 22.8 Å². The number of benzene rings is 2. The lowest BCUT2D eigenvalue weighted by molar-refractivity contribution is -0.147. The van der Waals surface area contributed by atoms with Gasteiger partial charge < -0.3 is 14.2 Å². The third kappa shape index (κ3) is 3.41. The highest BCUT2D eigenvalue weighted by Gasteiger charge is 2.29. The average molecular weight is 377 g/mol. The number of halogens is 2. The minimum Gasteiger partial charge on any atom is -0.479 e. The maximum Gasteiger partial charge on any atom is 0.346 e. The Morgan fingerprint density at radius 2 is 2.08 bits per heavy atom. The Kier molecular flexibility index (Phi) is 4.95. The van der Waals surface area contributed by atoms with Crippen LogP contribution in [0.2, 0.25) is 5.02 Å². The number of esters is 1. The zero-order valence-electron chi connectivity index (χ0n) is 13.9. The van der Waals surface area contributed by atoms with E-state index in [0.717, 1.165) is 0 Å². The molecule has 0 fully saturated rings. The second kappa shape index (κ2) is 7.17. The minimum atomic E-state index is -0.817. The third-order valence-corrected chi connectivity index (χ3v) is 4.09. The number of Topliss-reactive ketones (excluding diaryl/α,β-unsaturated/α-hetero) is 1. The van der Waals surface area contributed by atoms with Crippen LogP contribution in [0.25, 0.3) is 6.08 Å². The van der Waals surface area contributed by atoms with Crippen LogP contribution in [0.5, 0.6) is 11.5 Å². The van der Waals surface area contributed by atoms with Gasteiger partial charge in [-0.2, -0.15) is 0 Å². The lowest BCUT2D eigenvalue weighted by atomic mass is 10.1. The SMILES string of the molecule is COC(=O)[C@H](C)Oc1ccc2c(c1)O/C(=C/c1c(F)cccc1Cl)C2=O. The molecule has 0 aliphatic carbocycles. The number of fused-ring (bicyclic) bond motifs is 1. The summed E-state index contributed by atoms with van der Waals surface area (Å²) in [6, 6.07) is 8.77. The van der Waals surface area contributed by atoms with E-state index in [2.05, 4.69) is 4.74 Å². The lowest BCUT2D eigenvalue weighted by Crippen LogP contribution is -2.24. The fraction of sp³-hybridized carbons (Fsp3) is 0.158. The highest BCUT2D eigenvalue weighted by atomic mass is 35.5. The van der Waals surface area contributed by atoms with Crippen LogP contribution in [0.3, 0.4) is 0 Å². The van der Waals surface area contributed by atoms with Crippen LogP contribution < -0.4 is 9.47 Å². The molecule has 134 valence electrons. The van der Waals surface area contributed by atoms with Crippen molar-refractivity contribution in [2.45, 2.75) is 13.0 Å². The first-order valence-electron chi connectivity index (χ1n) is 7.67. The molecular weight excluding hydrogens is 363 g/mol. The molecule has 0 N–H and O–H groups in total. The number of ether oxygens (including phenoxy) is 3. The number of carbonyl (C=O) groups is 2. The molecule has 0 unspecified atom stereocenters. The molecule has 7 heteroatoms. The zero-order valence-corrected chi connectivity index (χ0v) is 14.7. The molecular formula is C19H14ClFO5. The molecule has 1 aliphatic heterocycles. The second-order valence-electron chi connectivity index (χ2n) is 5.52. The van der Waals surface area contributed by atoms with Crippen molar-refractivity contribution in [3.05, 3.63) is 64.1 Å². The standard InChI is InChI=1S/C19H14ClFO5/c1-10(19(23)24-2)25-11-6-7-12-16(8-11)26-17(18(12)22)9-13-14(20)4-3-5-15(13)21/h3-10H,1-2H3/b17-9+/t10-/m0/s1. The molecule has 2 aromatic rings. The molecule has 26 heavy (non-hydrogen) atoms. The van der Waals surface area contributed by atoms with Gasteiger partial charge in [0.2, 0.25) is 5.78 Å². The Bertz CT molecular complexity index is 902. The van der Waals surface area contributed by atoms with Gasteiger partial charge in [0, 0.05) is 11.6 Å². The van der Waals surface area contributed by atoms with E-state index in [-0.39, 0.29) is 22.1 Å². The fourth-order valence-corrected chi connectivity index (χ4v) is 2.66. The van der Waals surface area contributed by atoms with E-state index in [4.69, 9.17) is 21.1 Å². The highest BCUT2D eigenvalue weighted by molar-refractivity contribution is 6.32. The molecule has 0 bridgehead atoms. The number of rotatable bonds is 4. The fourth-order valence-electron chi connectivity index (χ4n) is 2.44. The Balaban J connectivity index is 1.87. The Morgan fingerprint density at radius 3 is 2.77 bits per heavy atom. The first kappa shape index (κ1) is 17.9. The molecule has 0 amide bonds. The second-order valence-corrected chi connectivity index (χ2v) is 5.92. The molecule has 0 spiro atoms. The normalized spacial score (nSPS) is 15.4. The van der Waals surface area contributed by atoms with E-state index in [1.54, 1.807) is 6.07 Å². The molecule has 1 aliphatic rings. The van der Waals surface area contributed by atoms with Gasteiger partial charge in [-0.05, 0) is 37.3 Å². The largest absolute Gasteiger partial charge is 0.479 e. The van der Waals surface area contributed by atoms with Crippen LogP contribution in [-0.4, -0.2) is 25.0 Å². The summed E-state index contributed by atoms with van der Waals surface area (Å²) in [7, 11) is 1.26. The maximum absolute atomic E-state index is 13.9. The molecule has 0 aromatic heterocycles. The number of hydrogen-bond donors (Lipinski definition) is 0. The lowest BCUT2D eigenvalue weighted by Gasteiger charge is -2.12. The first-order valence-corrected chi connectivity index (χ1v) is 8.05. The maximum atomic E-state index is 13.9. The van der Waals surface area contributed by atoms with Crippen molar-refractivity contribution in [3.8, 4) is 11.5 Å². The number of hydrogen-bond acceptors (Lipinski definition) is 5. The quantitative estimate of drug-likeness (QED) is 0.595. The minimum absolute atomic E-state index is 0.0508. The van der Waals surface area contributed by atoms with Gasteiger partial charge in [-0.15, -0.1) is 0 Å². The summed E-state index contributed by atoms with van der Waals surface area (Å²) in [5.74, 6) is -0.953. The van der Waals surface area contributed by atoms with Gasteiger partial charge in [0.15, 0.2) is 11.9 Å². The van der Waals surface area contributed by atoms with Gasteiger partial charge in [0.1, 0.15) is 17.3 Å². The van der Waals surface area contributed by atoms with Crippen molar-refractivity contribution in [1.82, 2.24) is 0 Å². The van der Waals surface area contributed by atoms with Crippen LogP contribution in [0.15, 0.2) is 42.2 Å². The third-order valence-electron chi connectivity index (χ3n) is 3.76. The Labute approximate surface area is 153 Å². The summed E-state index contributed by atoms with van der Waals surface area (Å²) in [5.41, 5.74) is 0.378. The highest BCUT2D eigenvalue weighted by Crippen LogP contribution is 2.36.